The number of aromatic nitrogens is 6. The number of ether oxygens (including phenoxy) is 1. The van der Waals surface area contributed by atoms with E-state index in [-0.39, 0.29) is 11.7 Å². The normalized spacial score (nSPS) is 14.1. The van der Waals surface area contributed by atoms with E-state index in [0.717, 1.165) is 33.8 Å². The van der Waals surface area contributed by atoms with Crippen molar-refractivity contribution in [1.82, 2.24) is 29.4 Å². The van der Waals surface area contributed by atoms with Crippen molar-refractivity contribution in [2.45, 2.75) is 12.8 Å². The number of para-hydroxylation sites is 2. The van der Waals surface area contributed by atoms with Gasteiger partial charge in [0.1, 0.15) is 12.1 Å². The fourth-order valence-electron chi connectivity index (χ4n) is 5.20. The van der Waals surface area contributed by atoms with Crippen LogP contribution in [-0.4, -0.2) is 48.6 Å². The molecule has 9 heteroatoms. The number of fused-ring (bicyclic) bond motifs is 4. The molecule has 1 N–H and O–H groups in total. The Balaban J connectivity index is 1.48. The van der Waals surface area contributed by atoms with E-state index in [1.165, 1.54) is 0 Å². The predicted octanol–water partition coefficient (Wildman–Crippen LogP) is 5.34. The maximum atomic E-state index is 10.5. The minimum absolute atomic E-state index is 0.115. The average molecular weight is 516 g/mol. The Bertz CT molecular complexity index is 1840. The van der Waals surface area contributed by atoms with Gasteiger partial charge in [0.05, 0.1) is 34.0 Å². The van der Waals surface area contributed by atoms with Gasteiger partial charge >= 0.3 is 0 Å². The zero-order chi connectivity index (χ0) is 26.7. The summed E-state index contributed by atoms with van der Waals surface area (Å²) in [5.74, 6) is 1.35. The minimum Gasteiger partial charge on any atom is -0.507 e. The first-order valence-electron chi connectivity index (χ1n) is 12.6. The number of phenols is 1. The first-order chi connectivity index (χ1) is 19.0. The van der Waals surface area contributed by atoms with Crippen LogP contribution in [0.3, 0.4) is 0 Å². The van der Waals surface area contributed by atoms with Gasteiger partial charge in [-0.05, 0) is 48.9 Å². The van der Waals surface area contributed by atoms with Gasteiger partial charge in [-0.1, -0.05) is 42.5 Å². The maximum Gasteiger partial charge on any atom is 0.230 e. The monoisotopic (exact) mass is 515 g/mol. The zero-order valence-corrected chi connectivity index (χ0v) is 21.6. The van der Waals surface area contributed by atoms with Crippen LogP contribution in [0.2, 0.25) is 0 Å². The summed E-state index contributed by atoms with van der Waals surface area (Å²) in [5, 5.41) is 20.0. The molecule has 0 aliphatic carbocycles. The second-order valence-electron chi connectivity index (χ2n) is 9.76. The topological polar surface area (TPSA) is 93.6 Å². The number of anilines is 1. The number of rotatable bonds is 4. The van der Waals surface area contributed by atoms with E-state index in [1.807, 2.05) is 62.1 Å². The Morgan fingerprint density at radius 2 is 1.62 bits per heavy atom. The SMILES string of the molecule is Cc1nn(-c2ccccc2)c2c1C(c1ccc(N(C)C)cc1)c1c(ncn3nc(-c4ccccc4O)nc13)O2. The highest BCUT2D eigenvalue weighted by Gasteiger charge is 2.38. The van der Waals surface area contributed by atoms with Crippen LogP contribution in [0.1, 0.15) is 28.3 Å². The average Bonchev–Trinajstić information content (AvgIpc) is 3.54. The molecule has 0 bridgehead atoms. The highest BCUT2D eigenvalue weighted by Crippen LogP contribution is 2.50. The molecule has 1 atom stereocenters. The maximum absolute atomic E-state index is 10.5. The van der Waals surface area contributed by atoms with Crippen LogP contribution in [0.15, 0.2) is 85.2 Å². The smallest absolute Gasteiger partial charge is 0.230 e. The van der Waals surface area contributed by atoms with Crippen LogP contribution in [0.5, 0.6) is 17.5 Å². The second-order valence-corrected chi connectivity index (χ2v) is 9.76. The highest BCUT2D eigenvalue weighted by molar-refractivity contribution is 5.71. The fraction of sp³-hybridized carbons (Fsp3) is 0.133. The van der Waals surface area contributed by atoms with E-state index in [9.17, 15) is 5.11 Å². The van der Waals surface area contributed by atoms with E-state index in [0.29, 0.717) is 28.8 Å². The number of hydrogen-bond acceptors (Lipinski definition) is 7. The van der Waals surface area contributed by atoms with Gasteiger partial charge in [0.15, 0.2) is 11.5 Å². The first kappa shape index (κ1) is 23.0. The van der Waals surface area contributed by atoms with Crippen molar-refractivity contribution in [3.63, 3.8) is 0 Å². The summed E-state index contributed by atoms with van der Waals surface area (Å²) in [6.07, 6.45) is 1.60. The van der Waals surface area contributed by atoms with E-state index in [2.05, 4.69) is 39.2 Å². The molecule has 3 aromatic heterocycles. The van der Waals surface area contributed by atoms with Crippen LogP contribution in [0.25, 0.3) is 22.7 Å². The van der Waals surface area contributed by atoms with Crippen molar-refractivity contribution >= 4 is 11.3 Å². The number of phenolic OH excluding ortho intramolecular Hbond substituents is 1. The van der Waals surface area contributed by atoms with Crippen molar-refractivity contribution in [2.24, 2.45) is 0 Å². The number of aryl methyl sites for hydroxylation is 1. The van der Waals surface area contributed by atoms with Gasteiger partial charge in [0.2, 0.25) is 11.8 Å². The summed E-state index contributed by atoms with van der Waals surface area (Å²) in [5.41, 5.74) is 6.82. The lowest BCUT2D eigenvalue weighted by Crippen LogP contribution is -2.16. The molecule has 0 radical (unpaired) electrons. The van der Waals surface area contributed by atoms with Crippen LogP contribution in [0, 0.1) is 6.92 Å². The summed E-state index contributed by atoms with van der Waals surface area (Å²) in [7, 11) is 4.05. The van der Waals surface area contributed by atoms with Gasteiger partial charge < -0.3 is 14.7 Å². The number of hydrogen-bond donors (Lipinski definition) is 1. The molecule has 6 aromatic rings. The molecule has 0 saturated carbocycles. The standard InChI is InChI=1S/C30H25N7O2/c1-18-24-25(19-13-15-20(16-14-19)35(2)3)26-28-32-27(22-11-7-8-12-23(22)38)34-36(28)17-31-29(26)39-30(24)37(33-18)21-9-5-4-6-10-21/h4-17,25,38H,1-3H3. The van der Waals surface area contributed by atoms with Crippen molar-refractivity contribution in [3.8, 4) is 34.6 Å². The Labute approximate surface area is 224 Å². The molecule has 1 unspecified atom stereocenters. The Morgan fingerprint density at radius 3 is 2.36 bits per heavy atom. The third-order valence-electron chi connectivity index (χ3n) is 7.11. The quantitative estimate of drug-likeness (QED) is 0.338. The summed E-state index contributed by atoms with van der Waals surface area (Å²) in [6.45, 7) is 2.00. The molecule has 39 heavy (non-hydrogen) atoms. The lowest BCUT2D eigenvalue weighted by Gasteiger charge is -2.26. The van der Waals surface area contributed by atoms with Gasteiger partial charge in [-0.3, -0.25) is 0 Å². The highest BCUT2D eigenvalue weighted by atomic mass is 16.5. The Kier molecular flexibility index (Phi) is 5.12. The van der Waals surface area contributed by atoms with Gasteiger partial charge in [-0.15, -0.1) is 5.10 Å². The molecule has 192 valence electrons. The second kappa shape index (κ2) is 8.70. The van der Waals surface area contributed by atoms with Gasteiger partial charge in [-0.25, -0.2) is 19.2 Å². The van der Waals surface area contributed by atoms with E-state index in [1.54, 1.807) is 29.0 Å². The predicted molar refractivity (Wildman–Crippen MR) is 148 cm³/mol. The molecule has 7 rings (SSSR count). The molecule has 1 aliphatic rings. The van der Waals surface area contributed by atoms with Crippen molar-refractivity contribution < 1.29 is 9.84 Å². The molecule has 9 nitrogen and oxygen atoms in total. The number of benzene rings is 3. The molecular weight excluding hydrogens is 490 g/mol. The van der Waals surface area contributed by atoms with Gasteiger partial charge in [-0.2, -0.15) is 5.10 Å². The molecular formula is C30H25N7O2. The van der Waals surface area contributed by atoms with Crippen LogP contribution < -0.4 is 9.64 Å². The lowest BCUT2D eigenvalue weighted by atomic mass is 9.84. The summed E-state index contributed by atoms with van der Waals surface area (Å²) in [4.78, 5) is 11.6. The molecule has 0 amide bonds. The number of nitrogens with zero attached hydrogens (tertiary/aromatic N) is 7. The summed E-state index contributed by atoms with van der Waals surface area (Å²) in [6, 6.07) is 25.4. The first-order valence-corrected chi connectivity index (χ1v) is 12.6. The van der Waals surface area contributed by atoms with Crippen molar-refractivity contribution in [2.75, 3.05) is 19.0 Å². The molecule has 0 fully saturated rings. The zero-order valence-electron chi connectivity index (χ0n) is 21.6. The third-order valence-corrected chi connectivity index (χ3v) is 7.11. The van der Waals surface area contributed by atoms with Crippen LogP contribution in [0.4, 0.5) is 5.69 Å². The van der Waals surface area contributed by atoms with E-state index < -0.39 is 0 Å². The lowest BCUT2D eigenvalue weighted by molar-refractivity contribution is 0.402. The molecule has 4 heterocycles. The van der Waals surface area contributed by atoms with E-state index in [4.69, 9.17) is 14.8 Å². The fourth-order valence-corrected chi connectivity index (χ4v) is 5.20. The minimum atomic E-state index is -0.255. The van der Waals surface area contributed by atoms with Crippen LogP contribution >= 0.6 is 0 Å². The number of aromatic hydroxyl groups is 1. The molecule has 1 aliphatic heterocycles. The molecule has 0 saturated heterocycles. The van der Waals surface area contributed by atoms with Crippen molar-refractivity contribution in [3.05, 3.63) is 108 Å². The van der Waals surface area contributed by atoms with Crippen molar-refractivity contribution in [1.29, 1.82) is 0 Å². The summed E-state index contributed by atoms with van der Waals surface area (Å²) >= 11 is 0. The molecule has 3 aromatic carbocycles. The third kappa shape index (κ3) is 3.62. The van der Waals surface area contributed by atoms with E-state index >= 15 is 0 Å². The Morgan fingerprint density at radius 1 is 0.872 bits per heavy atom. The molecule has 0 spiro atoms. The summed E-state index contributed by atoms with van der Waals surface area (Å²) < 4.78 is 9.97. The van der Waals surface area contributed by atoms with Gasteiger partial charge in [0, 0.05) is 19.8 Å². The van der Waals surface area contributed by atoms with Crippen LogP contribution in [-0.2, 0) is 0 Å². The van der Waals surface area contributed by atoms with Gasteiger partial charge in [0.25, 0.3) is 0 Å². The Hall–Kier alpha value is -5.18. The largest absolute Gasteiger partial charge is 0.507 e.